The van der Waals surface area contributed by atoms with Crippen LogP contribution in [-0.2, 0) is 0 Å². The van der Waals surface area contributed by atoms with Crippen molar-refractivity contribution in [2.24, 2.45) is 0 Å². The van der Waals surface area contributed by atoms with E-state index in [9.17, 15) is 0 Å². The van der Waals surface area contributed by atoms with Gasteiger partial charge in [-0.05, 0) is 41.5 Å². The van der Waals surface area contributed by atoms with E-state index in [1.54, 1.807) is 0 Å². The summed E-state index contributed by atoms with van der Waals surface area (Å²) >= 11 is 1.84. The normalized spacial score (nSPS) is 11.8. The van der Waals surface area contributed by atoms with Crippen LogP contribution in [0.2, 0.25) is 0 Å². The van der Waals surface area contributed by atoms with Gasteiger partial charge >= 0.3 is 0 Å². The van der Waals surface area contributed by atoms with Gasteiger partial charge in [-0.1, -0.05) is 109 Å². The highest BCUT2D eigenvalue weighted by Gasteiger charge is 2.19. The van der Waals surface area contributed by atoms with E-state index in [4.69, 9.17) is 9.97 Å². The van der Waals surface area contributed by atoms with Gasteiger partial charge in [-0.2, -0.15) is 0 Å². The molecule has 6 aromatic carbocycles. The number of rotatable bonds is 3. The number of hydrogen-bond donors (Lipinski definition) is 0. The summed E-state index contributed by atoms with van der Waals surface area (Å²) in [7, 11) is 0. The van der Waals surface area contributed by atoms with E-state index in [-0.39, 0.29) is 0 Å². The highest BCUT2D eigenvalue weighted by molar-refractivity contribution is 7.25. The Hall–Kier alpha value is -5.32. The minimum Gasteiger partial charge on any atom is -0.278 e. The van der Waals surface area contributed by atoms with Crippen LogP contribution in [0.4, 0.5) is 0 Å². The standard InChI is InChI=1S/C38H23N3S/c1-2-10-24(11-3-1)25-18-20-26(21-19-25)37-29-14-4-7-15-32(29)39-38(40-37)41-33-16-8-5-12-27(33)30-22-31-28-13-6-9-17-35(28)42-36(31)23-34(30)41/h1-23H. The van der Waals surface area contributed by atoms with Gasteiger partial charge < -0.3 is 0 Å². The van der Waals surface area contributed by atoms with E-state index in [2.05, 4.69) is 132 Å². The van der Waals surface area contributed by atoms with E-state index in [1.165, 1.54) is 42.1 Å². The predicted octanol–water partition coefficient (Wildman–Crippen LogP) is 10.4. The first-order valence-corrected chi connectivity index (χ1v) is 14.9. The van der Waals surface area contributed by atoms with Crippen molar-refractivity contribution < 1.29 is 0 Å². The van der Waals surface area contributed by atoms with Crippen LogP contribution in [0, 0.1) is 0 Å². The van der Waals surface area contributed by atoms with Gasteiger partial charge in [0.2, 0.25) is 5.95 Å². The van der Waals surface area contributed by atoms with Crippen molar-refractivity contribution >= 4 is 64.2 Å². The minimum absolute atomic E-state index is 0.683. The molecule has 0 spiro atoms. The molecule has 3 heterocycles. The molecule has 0 fully saturated rings. The molecule has 3 nitrogen and oxygen atoms in total. The van der Waals surface area contributed by atoms with Crippen molar-refractivity contribution in [3.8, 4) is 28.3 Å². The first-order chi connectivity index (χ1) is 20.8. The molecule has 42 heavy (non-hydrogen) atoms. The fourth-order valence-corrected chi connectivity index (χ4v) is 7.36. The number of fused-ring (bicyclic) bond motifs is 7. The summed E-state index contributed by atoms with van der Waals surface area (Å²) in [5.74, 6) is 0.683. The maximum absolute atomic E-state index is 5.29. The van der Waals surface area contributed by atoms with Crippen LogP contribution in [0.25, 0.3) is 81.2 Å². The van der Waals surface area contributed by atoms with E-state index in [1.807, 2.05) is 23.5 Å². The molecular formula is C38H23N3S. The number of nitrogens with zero attached hydrogens (tertiary/aromatic N) is 3. The second-order valence-corrected chi connectivity index (χ2v) is 11.7. The fourth-order valence-electron chi connectivity index (χ4n) is 6.24. The maximum atomic E-state index is 5.29. The molecule has 9 rings (SSSR count). The molecule has 0 atom stereocenters. The van der Waals surface area contributed by atoms with Gasteiger partial charge in [0.25, 0.3) is 0 Å². The highest BCUT2D eigenvalue weighted by Crippen LogP contribution is 2.40. The number of benzene rings is 6. The Morgan fingerprint density at radius 2 is 1.10 bits per heavy atom. The number of thiophene rings is 1. The molecule has 0 radical (unpaired) electrons. The molecule has 4 heteroatoms. The second kappa shape index (κ2) is 9.10. The summed E-state index contributed by atoms with van der Waals surface area (Å²) in [5, 5.41) is 6.06. The van der Waals surface area contributed by atoms with Crippen LogP contribution in [0.15, 0.2) is 140 Å². The Morgan fingerprint density at radius 3 is 1.95 bits per heavy atom. The van der Waals surface area contributed by atoms with Gasteiger partial charge in [0, 0.05) is 41.9 Å². The van der Waals surface area contributed by atoms with Crippen molar-refractivity contribution in [1.29, 1.82) is 0 Å². The van der Waals surface area contributed by atoms with Gasteiger partial charge in [0.05, 0.1) is 22.2 Å². The monoisotopic (exact) mass is 553 g/mol. The molecule has 3 aromatic heterocycles. The first kappa shape index (κ1) is 23.4. The zero-order chi connectivity index (χ0) is 27.6. The van der Waals surface area contributed by atoms with Crippen LogP contribution >= 0.6 is 11.3 Å². The van der Waals surface area contributed by atoms with E-state index in [0.717, 1.165) is 33.2 Å². The van der Waals surface area contributed by atoms with Crippen molar-refractivity contribution in [2.75, 3.05) is 0 Å². The fraction of sp³-hybridized carbons (Fsp3) is 0. The average Bonchev–Trinajstić information content (AvgIpc) is 3.58. The highest BCUT2D eigenvalue weighted by atomic mass is 32.1. The average molecular weight is 554 g/mol. The first-order valence-electron chi connectivity index (χ1n) is 14.1. The molecule has 0 unspecified atom stereocenters. The van der Waals surface area contributed by atoms with E-state index in [0.29, 0.717) is 5.95 Å². The molecule has 0 bridgehead atoms. The summed E-state index contributed by atoms with van der Waals surface area (Å²) in [5.41, 5.74) is 7.55. The Kier molecular flexibility index (Phi) is 5.07. The predicted molar refractivity (Wildman–Crippen MR) is 178 cm³/mol. The topological polar surface area (TPSA) is 30.7 Å². The lowest BCUT2D eigenvalue weighted by Gasteiger charge is -2.12. The summed E-state index contributed by atoms with van der Waals surface area (Å²) in [6.45, 7) is 0. The van der Waals surface area contributed by atoms with Crippen LogP contribution < -0.4 is 0 Å². The van der Waals surface area contributed by atoms with Gasteiger partial charge in [0.1, 0.15) is 0 Å². The maximum Gasteiger partial charge on any atom is 0.235 e. The Morgan fingerprint density at radius 1 is 0.429 bits per heavy atom. The van der Waals surface area contributed by atoms with Crippen molar-refractivity contribution in [1.82, 2.24) is 14.5 Å². The number of hydrogen-bond acceptors (Lipinski definition) is 3. The molecule has 0 aliphatic rings. The van der Waals surface area contributed by atoms with Crippen molar-refractivity contribution in [3.63, 3.8) is 0 Å². The molecule has 0 aliphatic heterocycles. The minimum atomic E-state index is 0.683. The number of para-hydroxylation sites is 2. The lowest BCUT2D eigenvalue weighted by molar-refractivity contribution is 1.01. The largest absolute Gasteiger partial charge is 0.278 e. The molecule has 0 saturated carbocycles. The molecule has 0 N–H and O–H groups in total. The van der Waals surface area contributed by atoms with Crippen LogP contribution in [0.5, 0.6) is 0 Å². The summed E-state index contributed by atoms with van der Waals surface area (Å²) in [6.07, 6.45) is 0. The Bertz CT molecular complexity index is 2450. The van der Waals surface area contributed by atoms with Gasteiger partial charge in [-0.3, -0.25) is 4.57 Å². The second-order valence-electron chi connectivity index (χ2n) is 10.6. The number of aromatic nitrogens is 3. The molecule has 0 aliphatic carbocycles. The smallest absolute Gasteiger partial charge is 0.235 e. The van der Waals surface area contributed by atoms with Crippen molar-refractivity contribution in [2.45, 2.75) is 0 Å². The van der Waals surface area contributed by atoms with Gasteiger partial charge in [-0.25, -0.2) is 9.97 Å². The summed E-state index contributed by atoms with van der Waals surface area (Å²) < 4.78 is 4.81. The molecule has 0 saturated heterocycles. The third kappa shape index (κ3) is 3.52. The SMILES string of the molecule is c1ccc(-c2ccc(-c3nc(-n4c5ccccc5c5cc6c(cc54)sc4ccccc46)nc4ccccc34)cc2)cc1. The van der Waals surface area contributed by atoms with Crippen LogP contribution in [0.3, 0.4) is 0 Å². The summed E-state index contributed by atoms with van der Waals surface area (Å²) in [4.78, 5) is 10.4. The van der Waals surface area contributed by atoms with E-state index >= 15 is 0 Å². The molecule has 0 amide bonds. The van der Waals surface area contributed by atoms with Crippen LogP contribution in [-0.4, -0.2) is 14.5 Å². The lowest BCUT2D eigenvalue weighted by Crippen LogP contribution is -2.03. The van der Waals surface area contributed by atoms with Crippen LogP contribution in [0.1, 0.15) is 0 Å². The quantitative estimate of drug-likeness (QED) is 0.218. The third-order valence-electron chi connectivity index (χ3n) is 8.23. The lowest BCUT2D eigenvalue weighted by atomic mass is 10.0. The molecular weight excluding hydrogens is 531 g/mol. The van der Waals surface area contributed by atoms with E-state index < -0.39 is 0 Å². The molecule has 196 valence electrons. The van der Waals surface area contributed by atoms with Gasteiger partial charge in [0.15, 0.2) is 0 Å². The third-order valence-corrected chi connectivity index (χ3v) is 9.36. The zero-order valence-corrected chi connectivity index (χ0v) is 23.3. The zero-order valence-electron chi connectivity index (χ0n) is 22.5. The summed E-state index contributed by atoms with van der Waals surface area (Å²) in [6, 6.07) is 49.4. The van der Waals surface area contributed by atoms with Gasteiger partial charge in [-0.15, -0.1) is 11.3 Å². The Balaban J connectivity index is 1.31. The molecule has 9 aromatic rings. The Labute approximate surface area is 246 Å². The van der Waals surface area contributed by atoms with Crippen molar-refractivity contribution in [3.05, 3.63) is 140 Å².